The van der Waals surface area contributed by atoms with Crippen molar-refractivity contribution in [3.63, 3.8) is 0 Å². The van der Waals surface area contributed by atoms with Crippen molar-refractivity contribution in [2.75, 3.05) is 0 Å². The van der Waals surface area contributed by atoms with Crippen molar-refractivity contribution in [2.45, 2.75) is 40.5 Å². The second-order valence-corrected chi connectivity index (χ2v) is 3.30. The number of hydrogen-bond acceptors (Lipinski definition) is 6. The predicted octanol–water partition coefficient (Wildman–Crippen LogP) is 2.58. The molecule has 2 heterocycles. The summed E-state index contributed by atoms with van der Waals surface area (Å²) in [5, 5.41) is 11.2. The van der Waals surface area contributed by atoms with Crippen LogP contribution in [0.25, 0.3) is 11.6 Å². The minimum Gasteiger partial charge on any atom is -0.332 e. The number of aryl methyl sites for hydroxylation is 1. The molecule has 0 aliphatic rings. The van der Waals surface area contributed by atoms with E-state index in [9.17, 15) is 0 Å². The summed E-state index contributed by atoms with van der Waals surface area (Å²) in [6.07, 6.45) is 0. The van der Waals surface area contributed by atoms with Crippen LogP contribution in [0, 0.1) is 6.92 Å². The highest BCUT2D eigenvalue weighted by atomic mass is 16.6. The molecular weight excluding hydrogens is 208 g/mol. The van der Waals surface area contributed by atoms with Crippen LogP contribution in [0.4, 0.5) is 0 Å². The van der Waals surface area contributed by atoms with Gasteiger partial charge in [-0.05, 0) is 12.1 Å². The molecule has 2 aromatic rings. The van der Waals surface area contributed by atoms with E-state index in [-0.39, 0.29) is 5.92 Å². The standard InChI is InChI=1S/C8H10N4O2.C2H6/c1-4(2)6-7(12-14-11-6)8-9-5(3)10-13-8;1-2/h4H,1-3H3;1-2H3. The fraction of sp³-hybridized carbons (Fsp3) is 0.600. The molecule has 0 aliphatic carbocycles. The highest BCUT2D eigenvalue weighted by Gasteiger charge is 2.20. The van der Waals surface area contributed by atoms with Crippen LogP contribution >= 0.6 is 0 Å². The first-order valence-corrected chi connectivity index (χ1v) is 5.31. The second-order valence-electron chi connectivity index (χ2n) is 3.30. The monoisotopic (exact) mass is 224 g/mol. The van der Waals surface area contributed by atoms with E-state index < -0.39 is 0 Å². The van der Waals surface area contributed by atoms with Crippen LogP contribution in [0.15, 0.2) is 9.15 Å². The molecule has 0 saturated carbocycles. The van der Waals surface area contributed by atoms with Gasteiger partial charge in [-0.25, -0.2) is 4.63 Å². The summed E-state index contributed by atoms with van der Waals surface area (Å²) in [4.78, 5) is 4.06. The zero-order chi connectivity index (χ0) is 12.1. The van der Waals surface area contributed by atoms with E-state index in [1.165, 1.54) is 0 Å². The molecule has 0 bridgehead atoms. The Kier molecular flexibility index (Phi) is 4.16. The van der Waals surface area contributed by atoms with Gasteiger partial charge in [0.15, 0.2) is 11.5 Å². The van der Waals surface area contributed by atoms with Crippen molar-refractivity contribution in [1.29, 1.82) is 0 Å². The van der Waals surface area contributed by atoms with Gasteiger partial charge in [0.05, 0.1) is 0 Å². The molecule has 2 aromatic heterocycles. The maximum absolute atomic E-state index is 4.98. The van der Waals surface area contributed by atoms with Crippen LogP contribution in [0.3, 0.4) is 0 Å². The third-order valence-electron chi connectivity index (χ3n) is 1.79. The predicted molar refractivity (Wildman–Crippen MR) is 57.8 cm³/mol. The maximum Gasteiger partial charge on any atom is 0.282 e. The highest BCUT2D eigenvalue weighted by molar-refractivity contribution is 5.49. The van der Waals surface area contributed by atoms with E-state index in [2.05, 4.69) is 25.1 Å². The summed E-state index contributed by atoms with van der Waals surface area (Å²) in [5.74, 6) is 1.13. The van der Waals surface area contributed by atoms with Crippen molar-refractivity contribution in [2.24, 2.45) is 0 Å². The zero-order valence-electron chi connectivity index (χ0n) is 10.2. The fourth-order valence-corrected chi connectivity index (χ4v) is 1.12. The quantitative estimate of drug-likeness (QED) is 0.780. The Morgan fingerprint density at radius 1 is 1.06 bits per heavy atom. The number of rotatable bonds is 2. The van der Waals surface area contributed by atoms with Crippen LogP contribution in [0.2, 0.25) is 0 Å². The second kappa shape index (κ2) is 5.39. The lowest BCUT2D eigenvalue weighted by Gasteiger charge is -1.96. The van der Waals surface area contributed by atoms with Crippen LogP contribution in [0.5, 0.6) is 0 Å². The molecule has 0 radical (unpaired) electrons. The van der Waals surface area contributed by atoms with Crippen molar-refractivity contribution in [3.05, 3.63) is 11.5 Å². The normalized spacial score (nSPS) is 10.1. The molecule has 0 atom stereocenters. The average molecular weight is 224 g/mol. The smallest absolute Gasteiger partial charge is 0.282 e. The summed E-state index contributed by atoms with van der Waals surface area (Å²) in [6, 6.07) is 0. The summed E-state index contributed by atoms with van der Waals surface area (Å²) < 4.78 is 9.62. The molecule has 0 saturated heterocycles. The van der Waals surface area contributed by atoms with E-state index in [1.807, 2.05) is 27.7 Å². The Balaban J connectivity index is 0.000000606. The molecular formula is C10H16N4O2. The van der Waals surface area contributed by atoms with Gasteiger partial charge in [0, 0.05) is 5.92 Å². The third-order valence-corrected chi connectivity index (χ3v) is 1.79. The van der Waals surface area contributed by atoms with Crippen LogP contribution in [-0.2, 0) is 0 Å². The molecule has 0 unspecified atom stereocenters. The van der Waals surface area contributed by atoms with Gasteiger partial charge in [-0.1, -0.05) is 38.0 Å². The van der Waals surface area contributed by atoms with Crippen molar-refractivity contribution in [3.8, 4) is 11.6 Å². The molecule has 0 amide bonds. The number of hydrogen-bond donors (Lipinski definition) is 0. The number of aromatic nitrogens is 4. The van der Waals surface area contributed by atoms with E-state index in [1.54, 1.807) is 6.92 Å². The summed E-state index contributed by atoms with van der Waals surface area (Å²) in [5.41, 5.74) is 1.26. The highest BCUT2D eigenvalue weighted by Crippen LogP contribution is 2.23. The Morgan fingerprint density at radius 3 is 2.25 bits per heavy atom. The van der Waals surface area contributed by atoms with Gasteiger partial charge in [-0.3, -0.25) is 0 Å². The molecule has 0 N–H and O–H groups in total. The van der Waals surface area contributed by atoms with E-state index >= 15 is 0 Å². The Bertz CT molecular complexity index is 433. The maximum atomic E-state index is 4.98. The molecule has 16 heavy (non-hydrogen) atoms. The zero-order valence-corrected chi connectivity index (χ0v) is 10.2. The molecule has 6 nitrogen and oxygen atoms in total. The van der Waals surface area contributed by atoms with Gasteiger partial charge in [0.1, 0.15) is 5.69 Å². The first kappa shape index (κ1) is 12.4. The molecule has 0 aliphatic heterocycles. The van der Waals surface area contributed by atoms with Gasteiger partial charge < -0.3 is 4.52 Å². The van der Waals surface area contributed by atoms with E-state index in [4.69, 9.17) is 4.52 Å². The Hall–Kier alpha value is -1.72. The van der Waals surface area contributed by atoms with Crippen molar-refractivity contribution < 1.29 is 9.15 Å². The molecule has 88 valence electrons. The van der Waals surface area contributed by atoms with Crippen LogP contribution in [-0.4, -0.2) is 20.5 Å². The SMILES string of the molecule is CC.Cc1noc(-c2nonc2C(C)C)n1. The van der Waals surface area contributed by atoms with E-state index in [0.717, 1.165) is 5.69 Å². The fourth-order valence-electron chi connectivity index (χ4n) is 1.12. The largest absolute Gasteiger partial charge is 0.332 e. The van der Waals surface area contributed by atoms with Gasteiger partial charge in [0.25, 0.3) is 5.89 Å². The van der Waals surface area contributed by atoms with Crippen molar-refractivity contribution in [1.82, 2.24) is 20.5 Å². The van der Waals surface area contributed by atoms with E-state index in [0.29, 0.717) is 17.4 Å². The molecule has 0 aromatic carbocycles. The minimum absolute atomic E-state index is 0.212. The molecule has 0 fully saturated rings. The van der Waals surface area contributed by atoms with Gasteiger partial charge >= 0.3 is 0 Å². The van der Waals surface area contributed by atoms with Crippen LogP contribution in [0.1, 0.15) is 45.1 Å². The molecule has 6 heteroatoms. The lowest BCUT2D eigenvalue weighted by atomic mass is 10.1. The summed E-state index contributed by atoms with van der Waals surface area (Å²) in [7, 11) is 0. The third kappa shape index (κ3) is 2.44. The first-order valence-electron chi connectivity index (χ1n) is 5.31. The summed E-state index contributed by atoms with van der Waals surface area (Å²) in [6.45, 7) is 9.73. The lowest BCUT2D eigenvalue weighted by Crippen LogP contribution is -1.91. The number of nitrogens with zero attached hydrogens (tertiary/aromatic N) is 4. The van der Waals surface area contributed by atoms with Crippen LogP contribution < -0.4 is 0 Å². The molecule has 0 spiro atoms. The summed E-state index contributed by atoms with van der Waals surface area (Å²) >= 11 is 0. The first-order chi connectivity index (χ1) is 7.68. The van der Waals surface area contributed by atoms with Crippen molar-refractivity contribution >= 4 is 0 Å². The van der Waals surface area contributed by atoms with Gasteiger partial charge in [-0.15, -0.1) is 0 Å². The minimum atomic E-state index is 0.212. The van der Waals surface area contributed by atoms with Gasteiger partial charge in [0.2, 0.25) is 0 Å². The topological polar surface area (TPSA) is 77.8 Å². The van der Waals surface area contributed by atoms with Gasteiger partial charge in [-0.2, -0.15) is 4.98 Å². The molecule has 2 rings (SSSR count). The average Bonchev–Trinajstić information content (AvgIpc) is 2.88. The Labute approximate surface area is 94.0 Å². The Morgan fingerprint density at radius 2 is 1.75 bits per heavy atom. The lowest BCUT2D eigenvalue weighted by molar-refractivity contribution is 0.301.